The first kappa shape index (κ1) is 36.4. The molecule has 4 aromatic heterocycles. The van der Waals surface area contributed by atoms with Crippen molar-refractivity contribution in [3.05, 3.63) is 262 Å². The third kappa shape index (κ3) is 8.88. The number of hydrogen-bond donors (Lipinski definition) is 0. The highest BCUT2D eigenvalue weighted by Crippen LogP contribution is 2.45. The van der Waals surface area contributed by atoms with Gasteiger partial charge in [0, 0.05) is 49.6 Å². The Morgan fingerprint density at radius 2 is 0.368 bits per heavy atom. The summed E-state index contributed by atoms with van der Waals surface area (Å²) in [6.07, 6.45) is 31.6. The minimum Gasteiger partial charge on any atom is -0.265 e. The first-order valence-electron chi connectivity index (χ1n) is 19.0. The number of benzene rings is 4. The highest BCUT2D eigenvalue weighted by Gasteiger charge is 2.38. The lowest BCUT2D eigenvalue weighted by Crippen LogP contribution is -2.31. The largest absolute Gasteiger partial charge is 0.265 e. The van der Waals surface area contributed by atoms with Crippen LogP contribution in [0.3, 0.4) is 0 Å². The molecule has 0 saturated carbocycles. The van der Waals surface area contributed by atoms with Crippen molar-refractivity contribution in [2.45, 2.75) is 5.41 Å². The highest BCUT2D eigenvalue weighted by molar-refractivity contribution is 5.74. The lowest BCUT2D eigenvalue weighted by molar-refractivity contribution is 0.744. The maximum Gasteiger partial charge on any atom is 0.0701 e. The molecule has 0 aliphatic heterocycles. The summed E-state index contributed by atoms with van der Waals surface area (Å²) < 4.78 is 0. The number of pyridine rings is 4. The summed E-state index contributed by atoms with van der Waals surface area (Å²) in [5.74, 6) is 0. The average molecular weight is 733 g/mol. The van der Waals surface area contributed by atoms with E-state index in [-0.39, 0.29) is 0 Å². The molecular weight excluding hydrogens is 693 g/mol. The molecule has 0 aliphatic carbocycles. The molecule has 4 heteroatoms. The lowest BCUT2D eigenvalue weighted by Gasteiger charge is -2.37. The minimum atomic E-state index is -0.638. The molecule has 8 aromatic rings. The van der Waals surface area contributed by atoms with Crippen molar-refractivity contribution in [1.82, 2.24) is 19.9 Å². The van der Waals surface area contributed by atoms with Crippen LogP contribution in [0.2, 0.25) is 0 Å². The Balaban J connectivity index is 1.25. The molecule has 0 saturated heterocycles. The van der Waals surface area contributed by atoms with Gasteiger partial charge in [0.05, 0.1) is 5.41 Å². The number of rotatable bonds is 12. The van der Waals surface area contributed by atoms with Gasteiger partial charge in [0.1, 0.15) is 0 Å². The van der Waals surface area contributed by atoms with Gasteiger partial charge in [-0.05, 0) is 115 Å². The third-order valence-electron chi connectivity index (χ3n) is 10.1. The van der Waals surface area contributed by atoms with Gasteiger partial charge < -0.3 is 0 Å². The maximum atomic E-state index is 4.16. The molecule has 0 radical (unpaired) electrons. The molecule has 4 aromatic carbocycles. The van der Waals surface area contributed by atoms with E-state index >= 15 is 0 Å². The van der Waals surface area contributed by atoms with Crippen molar-refractivity contribution < 1.29 is 0 Å². The minimum absolute atomic E-state index is 0.638. The average Bonchev–Trinajstić information content (AvgIpc) is 3.29. The quantitative estimate of drug-likeness (QED) is 0.117. The summed E-state index contributed by atoms with van der Waals surface area (Å²) in [5, 5.41) is 0. The Kier molecular flexibility index (Phi) is 11.3. The van der Waals surface area contributed by atoms with Gasteiger partial charge in [0.2, 0.25) is 0 Å². The van der Waals surface area contributed by atoms with E-state index < -0.39 is 5.41 Å². The number of nitrogens with zero attached hydrogens (tertiary/aromatic N) is 4. The van der Waals surface area contributed by atoms with Crippen LogP contribution < -0.4 is 0 Å². The smallest absolute Gasteiger partial charge is 0.0701 e. The van der Waals surface area contributed by atoms with Crippen molar-refractivity contribution in [3.63, 3.8) is 0 Å². The van der Waals surface area contributed by atoms with E-state index in [1.807, 2.05) is 98.1 Å². The summed E-state index contributed by atoms with van der Waals surface area (Å²) in [5.41, 5.74) is 13.0. The van der Waals surface area contributed by atoms with Crippen LogP contribution >= 0.6 is 0 Å². The van der Waals surface area contributed by atoms with Crippen molar-refractivity contribution in [2.75, 3.05) is 0 Å². The first-order valence-corrected chi connectivity index (χ1v) is 19.0. The van der Waals surface area contributed by atoms with Crippen LogP contribution in [0.25, 0.3) is 48.6 Å². The fraction of sp³-hybridized carbons (Fsp3) is 0.0189. The van der Waals surface area contributed by atoms with Crippen molar-refractivity contribution in [1.29, 1.82) is 0 Å². The molecule has 0 unspecified atom stereocenters. The summed E-state index contributed by atoms with van der Waals surface area (Å²) in [6, 6.07) is 52.0. The Labute approximate surface area is 334 Å². The Morgan fingerprint density at radius 3 is 0.544 bits per heavy atom. The monoisotopic (exact) mass is 732 g/mol. The highest BCUT2D eigenvalue weighted by atomic mass is 14.6. The predicted octanol–water partition coefficient (Wildman–Crippen LogP) is 12.3. The van der Waals surface area contributed by atoms with Crippen LogP contribution in [0, 0.1) is 0 Å². The van der Waals surface area contributed by atoms with E-state index in [9.17, 15) is 0 Å². The zero-order chi connectivity index (χ0) is 38.5. The maximum absolute atomic E-state index is 4.16. The summed E-state index contributed by atoms with van der Waals surface area (Å²) in [7, 11) is 0. The van der Waals surface area contributed by atoms with Gasteiger partial charge in [-0.1, -0.05) is 146 Å². The van der Waals surface area contributed by atoms with E-state index in [1.54, 1.807) is 0 Å². The lowest BCUT2D eigenvalue weighted by atomic mass is 9.64. The van der Waals surface area contributed by atoms with E-state index in [0.29, 0.717) is 0 Å². The molecule has 0 amide bonds. The first-order chi connectivity index (χ1) is 28.2. The Morgan fingerprint density at radius 1 is 0.211 bits per heavy atom. The summed E-state index contributed by atoms with van der Waals surface area (Å²) in [6.45, 7) is 0. The molecule has 0 aliphatic rings. The van der Waals surface area contributed by atoms with Crippen LogP contribution in [0.1, 0.15) is 66.8 Å². The second-order valence-electron chi connectivity index (χ2n) is 13.7. The van der Waals surface area contributed by atoms with E-state index in [1.165, 1.54) is 22.3 Å². The molecule has 4 nitrogen and oxygen atoms in total. The molecular formula is C53H40N4. The molecule has 272 valence electrons. The molecule has 0 N–H and O–H groups in total. The second-order valence-corrected chi connectivity index (χ2v) is 13.7. The van der Waals surface area contributed by atoms with Crippen LogP contribution in [0.15, 0.2) is 195 Å². The van der Waals surface area contributed by atoms with Crippen LogP contribution in [-0.4, -0.2) is 19.9 Å². The topological polar surface area (TPSA) is 51.6 Å². The van der Waals surface area contributed by atoms with Crippen molar-refractivity contribution in [2.24, 2.45) is 0 Å². The second kappa shape index (κ2) is 17.7. The fourth-order valence-corrected chi connectivity index (χ4v) is 7.04. The molecule has 57 heavy (non-hydrogen) atoms. The number of hydrogen-bond acceptors (Lipinski definition) is 4. The van der Waals surface area contributed by atoms with Gasteiger partial charge in [-0.3, -0.25) is 19.9 Å². The zero-order valence-electron chi connectivity index (χ0n) is 31.4. The van der Waals surface area contributed by atoms with Crippen LogP contribution in [0.5, 0.6) is 0 Å². The van der Waals surface area contributed by atoms with E-state index in [0.717, 1.165) is 44.5 Å². The SMILES string of the molecule is C(=C\c1ccc(C(c2ccc(/C=C/c3ccncc3)cc2)(c2ccc(/C=C/c3ccncc3)cc2)c2ccc(/C=C/c3ccncc3)cc2)cc1)/c1ccncc1. The molecule has 0 fully saturated rings. The number of aromatic nitrogens is 4. The van der Waals surface area contributed by atoms with Gasteiger partial charge in [-0.15, -0.1) is 0 Å². The van der Waals surface area contributed by atoms with Gasteiger partial charge in [0.15, 0.2) is 0 Å². The third-order valence-corrected chi connectivity index (χ3v) is 10.1. The summed E-state index contributed by atoms with van der Waals surface area (Å²) >= 11 is 0. The molecule has 0 bridgehead atoms. The molecule has 0 spiro atoms. The van der Waals surface area contributed by atoms with E-state index in [4.69, 9.17) is 0 Å². The van der Waals surface area contributed by atoms with Crippen molar-refractivity contribution >= 4 is 48.6 Å². The zero-order valence-corrected chi connectivity index (χ0v) is 31.4. The summed E-state index contributed by atoms with van der Waals surface area (Å²) in [4.78, 5) is 16.6. The van der Waals surface area contributed by atoms with Gasteiger partial charge >= 0.3 is 0 Å². The molecule has 4 heterocycles. The normalized spacial score (nSPS) is 11.9. The predicted molar refractivity (Wildman–Crippen MR) is 237 cm³/mol. The molecule has 8 rings (SSSR count). The van der Waals surface area contributed by atoms with Gasteiger partial charge in [-0.25, -0.2) is 0 Å². The molecule has 0 atom stereocenters. The Hall–Kier alpha value is -7.56. The van der Waals surface area contributed by atoms with E-state index in [2.05, 4.69) is 166 Å². The fourth-order valence-electron chi connectivity index (χ4n) is 7.04. The Bertz CT molecular complexity index is 2220. The van der Waals surface area contributed by atoms with Gasteiger partial charge in [-0.2, -0.15) is 0 Å². The van der Waals surface area contributed by atoms with Gasteiger partial charge in [0.25, 0.3) is 0 Å². The van der Waals surface area contributed by atoms with Crippen LogP contribution in [0.4, 0.5) is 0 Å². The van der Waals surface area contributed by atoms with Crippen molar-refractivity contribution in [3.8, 4) is 0 Å². The standard InChI is InChI=1S/C53H40N4/c1(5-45-25-33-54-34-26-45)41-9-17-49(18-10-41)53(50-19-11-42(12-20-50)2-6-46-27-35-55-36-28-46,51-21-13-43(14-22-51)3-7-47-29-37-56-38-30-47)52-23-15-44(16-24-52)4-8-48-31-39-57-40-32-48/h1-40H/b5-1+,6-2+,7-3+,8-4+. The van der Waals surface area contributed by atoms with Crippen LogP contribution in [-0.2, 0) is 5.41 Å².